The molecule has 0 unspecified atom stereocenters. The molecule has 6 nitrogen and oxygen atoms in total. The second-order valence-corrected chi connectivity index (χ2v) is 6.48. The maximum Gasteiger partial charge on any atom is 0.163 e. The van der Waals surface area contributed by atoms with Crippen molar-refractivity contribution in [3.05, 3.63) is 47.9 Å². The zero-order valence-corrected chi connectivity index (χ0v) is 14.3. The summed E-state index contributed by atoms with van der Waals surface area (Å²) in [5.74, 6) is 0.942. The molecule has 1 saturated heterocycles. The van der Waals surface area contributed by atoms with Crippen LogP contribution in [0.5, 0.6) is 0 Å². The molecule has 6 heteroatoms. The van der Waals surface area contributed by atoms with Crippen molar-refractivity contribution in [1.29, 1.82) is 5.26 Å². The minimum absolute atomic E-state index is 0.334. The first-order valence-electron chi connectivity index (χ1n) is 8.64. The molecular formula is C19H20N6. The predicted octanol–water partition coefficient (Wildman–Crippen LogP) is 3.39. The van der Waals surface area contributed by atoms with E-state index in [1.54, 1.807) is 11.0 Å². The molecule has 1 fully saturated rings. The highest BCUT2D eigenvalue weighted by Crippen LogP contribution is 2.37. The van der Waals surface area contributed by atoms with E-state index in [0.717, 1.165) is 36.2 Å². The fourth-order valence-electron chi connectivity index (χ4n) is 3.67. The molecule has 4 rings (SSSR count). The second-order valence-electron chi connectivity index (χ2n) is 6.48. The maximum absolute atomic E-state index is 8.82. The summed E-state index contributed by atoms with van der Waals surface area (Å²) < 4.78 is 1.79. The number of nitriles is 1. The number of benzene rings is 1. The Kier molecular flexibility index (Phi) is 4.06. The SMILES string of the molecule is Cc1cccc([C@H]2CCCN2c2ncnc3c2cnn3CCC#N)c1. The minimum atomic E-state index is 0.334. The van der Waals surface area contributed by atoms with Crippen LogP contribution < -0.4 is 4.90 Å². The van der Waals surface area contributed by atoms with Gasteiger partial charge in [-0.2, -0.15) is 10.4 Å². The van der Waals surface area contributed by atoms with Crippen molar-refractivity contribution in [2.45, 2.75) is 38.8 Å². The van der Waals surface area contributed by atoms with Gasteiger partial charge in [0.25, 0.3) is 0 Å². The van der Waals surface area contributed by atoms with Gasteiger partial charge in [-0.05, 0) is 25.3 Å². The van der Waals surface area contributed by atoms with Gasteiger partial charge in [0, 0.05) is 6.54 Å². The fourth-order valence-corrected chi connectivity index (χ4v) is 3.67. The zero-order chi connectivity index (χ0) is 17.2. The number of hydrogen-bond donors (Lipinski definition) is 0. The van der Waals surface area contributed by atoms with Crippen molar-refractivity contribution in [2.24, 2.45) is 0 Å². The summed E-state index contributed by atoms with van der Waals surface area (Å²) in [6, 6.07) is 11.2. The molecule has 25 heavy (non-hydrogen) atoms. The zero-order valence-electron chi connectivity index (χ0n) is 14.3. The van der Waals surface area contributed by atoms with Crippen LogP contribution in [0.25, 0.3) is 11.0 Å². The lowest BCUT2D eigenvalue weighted by molar-refractivity contribution is 0.643. The van der Waals surface area contributed by atoms with Crippen LogP contribution in [-0.4, -0.2) is 26.3 Å². The molecule has 3 aromatic rings. The Morgan fingerprint density at radius 1 is 1.32 bits per heavy atom. The lowest BCUT2D eigenvalue weighted by Crippen LogP contribution is -2.24. The molecule has 0 spiro atoms. The first kappa shape index (κ1) is 15.6. The Hall–Kier alpha value is -2.94. The number of hydrogen-bond acceptors (Lipinski definition) is 5. The molecule has 0 amide bonds. The molecule has 126 valence electrons. The van der Waals surface area contributed by atoms with Gasteiger partial charge >= 0.3 is 0 Å². The standard InChI is InChI=1S/C19H20N6/c1-14-5-2-6-15(11-14)17-7-3-9-24(17)18-16-12-23-25(10-4-8-20)19(16)22-13-21-18/h2,5-6,11-13,17H,3-4,7,9-10H2,1H3/t17-/m1/s1. The summed E-state index contributed by atoms with van der Waals surface area (Å²) in [7, 11) is 0. The summed E-state index contributed by atoms with van der Waals surface area (Å²) >= 11 is 0. The second kappa shape index (κ2) is 6.52. The molecule has 0 bridgehead atoms. The number of rotatable bonds is 4. The van der Waals surface area contributed by atoms with E-state index >= 15 is 0 Å². The van der Waals surface area contributed by atoms with Crippen molar-refractivity contribution in [3.8, 4) is 6.07 Å². The van der Waals surface area contributed by atoms with Gasteiger partial charge < -0.3 is 4.90 Å². The third kappa shape index (κ3) is 2.82. The van der Waals surface area contributed by atoms with Gasteiger partial charge in [-0.1, -0.05) is 29.8 Å². The van der Waals surface area contributed by atoms with Gasteiger partial charge in [0.2, 0.25) is 0 Å². The Labute approximate surface area is 146 Å². The van der Waals surface area contributed by atoms with Crippen LogP contribution in [0, 0.1) is 18.3 Å². The molecule has 0 saturated carbocycles. The Balaban J connectivity index is 1.73. The van der Waals surface area contributed by atoms with E-state index in [1.165, 1.54) is 11.1 Å². The fraction of sp³-hybridized carbons (Fsp3) is 0.368. The lowest BCUT2D eigenvalue weighted by Gasteiger charge is -2.26. The average molecular weight is 332 g/mol. The predicted molar refractivity (Wildman–Crippen MR) is 96.1 cm³/mol. The molecule has 2 aromatic heterocycles. The molecule has 1 aromatic carbocycles. The van der Waals surface area contributed by atoms with E-state index in [9.17, 15) is 0 Å². The first-order chi connectivity index (χ1) is 12.3. The van der Waals surface area contributed by atoms with Gasteiger partial charge in [0.15, 0.2) is 5.65 Å². The Morgan fingerprint density at radius 2 is 2.24 bits per heavy atom. The van der Waals surface area contributed by atoms with Crippen molar-refractivity contribution in [2.75, 3.05) is 11.4 Å². The molecule has 3 heterocycles. The van der Waals surface area contributed by atoms with Crippen molar-refractivity contribution < 1.29 is 0 Å². The van der Waals surface area contributed by atoms with Gasteiger partial charge in [0.05, 0.1) is 36.7 Å². The number of anilines is 1. The highest BCUT2D eigenvalue weighted by Gasteiger charge is 2.29. The van der Waals surface area contributed by atoms with E-state index in [1.807, 2.05) is 6.20 Å². The molecule has 0 aliphatic carbocycles. The topological polar surface area (TPSA) is 70.6 Å². The van der Waals surface area contributed by atoms with E-state index < -0.39 is 0 Å². The number of nitrogens with zero attached hydrogens (tertiary/aromatic N) is 6. The maximum atomic E-state index is 8.82. The number of aromatic nitrogens is 4. The summed E-state index contributed by atoms with van der Waals surface area (Å²) in [6.45, 7) is 3.66. The van der Waals surface area contributed by atoms with Crippen LogP contribution in [0.1, 0.15) is 36.4 Å². The highest BCUT2D eigenvalue weighted by atomic mass is 15.3. The molecule has 0 radical (unpaired) electrons. The number of aryl methyl sites for hydroxylation is 2. The van der Waals surface area contributed by atoms with Crippen molar-refractivity contribution in [3.63, 3.8) is 0 Å². The molecular weight excluding hydrogens is 312 g/mol. The third-order valence-corrected chi connectivity index (χ3v) is 4.80. The quantitative estimate of drug-likeness (QED) is 0.732. The molecule has 1 atom stereocenters. The molecule has 0 N–H and O–H groups in total. The van der Waals surface area contributed by atoms with Gasteiger partial charge in [-0.15, -0.1) is 0 Å². The van der Waals surface area contributed by atoms with Crippen LogP contribution in [0.2, 0.25) is 0 Å². The van der Waals surface area contributed by atoms with Crippen LogP contribution in [0.3, 0.4) is 0 Å². The van der Waals surface area contributed by atoms with Crippen LogP contribution >= 0.6 is 0 Å². The molecule has 1 aliphatic rings. The lowest BCUT2D eigenvalue weighted by atomic mass is 10.0. The highest BCUT2D eigenvalue weighted by molar-refractivity contribution is 5.87. The minimum Gasteiger partial charge on any atom is -0.349 e. The first-order valence-corrected chi connectivity index (χ1v) is 8.64. The van der Waals surface area contributed by atoms with E-state index in [4.69, 9.17) is 5.26 Å². The smallest absolute Gasteiger partial charge is 0.163 e. The number of fused-ring (bicyclic) bond motifs is 1. The molecule has 1 aliphatic heterocycles. The van der Waals surface area contributed by atoms with Crippen LogP contribution in [0.4, 0.5) is 5.82 Å². The van der Waals surface area contributed by atoms with Crippen LogP contribution in [-0.2, 0) is 6.54 Å². The van der Waals surface area contributed by atoms with E-state index in [0.29, 0.717) is 19.0 Å². The van der Waals surface area contributed by atoms with Crippen LogP contribution in [0.15, 0.2) is 36.8 Å². The van der Waals surface area contributed by atoms with Crippen molar-refractivity contribution >= 4 is 16.9 Å². The summed E-state index contributed by atoms with van der Waals surface area (Å²) in [6.07, 6.45) is 6.12. The summed E-state index contributed by atoms with van der Waals surface area (Å²) in [5.41, 5.74) is 3.41. The van der Waals surface area contributed by atoms with Crippen molar-refractivity contribution in [1.82, 2.24) is 19.7 Å². The average Bonchev–Trinajstić information content (AvgIpc) is 3.27. The van der Waals surface area contributed by atoms with Gasteiger partial charge in [-0.3, -0.25) is 0 Å². The Morgan fingerprint density at radius 3 is 3.08 bits per heavy atom. The summed E-state index contributed by atoms with van der Waals surface area (Å²) in [4.78, 5) is 11.3. The van der Waals surface area contributed by atoms with E-state index in [2.05, 4.69) is 57.2 Å². The summed E-state index contributed by atoms with van der Waals surface area (Å²) in [5, 5.41) is 14.2. The largest absolute Gasteiger partial charge is 0.349 e. The monoisotopic (exact) mass is 332 g/mol. The Bertz CT molecular complexity index is 938. The third-order valence-electron chi connectivity index (χ3n) is 4.80. The van der Waals surface area contributed by atoms with E-state index in [-0.39, 0.29) is 0 Å². The normalized spacial score (nSPS) is 17.1. The van der Waals surface area contributed by atoms with Gasteiger partial charge in [-0.25, -0.2) is 14.6 Å². The van der Waals surface area contributed by atoms with Gasteiger partial charge in [0.1, 0.15) is 12.1 Å².